The van der Waals surface area contributed by atoms with Crippen molar-refractivity contribution in [3.63, 3.8) is 0 Å². The third kappa shape index (κ3) is 1.55. The third-order valence-electron chi connectivity index (χ3n) is 6.75. The Morgan fingerprint density at radius 3 is 2.65 bits per heavy atom. The summed E-state index contributed by atoms with van der Waals surface area (Å²) < 4.78 is 5.69. The van der Waals surface area contributed by atoms with Gasteiger partial charge in [0, 0.05) is 24.0 Å². The van der Waals surface area contributed by atoms with Gasteiger partial charge < -0.3 is 25.2 Å². The molecule has 4 aliphatic rings. The Bertz CT molecular complexity index is 865. The van der Waals surface area contributed by atoms with Crippen LogP contribution in [0.15, 0.2) is 18.2 Å². The van der Waals surface area contributed by atoms with E-state index in [2.05, 4.69) is 0 Å². The van der Waals surface area contributed by atoms with E-state index in [4.69, 9.17) is 4.74 Å². The number of aliphatic hydroxyl groups excluding tert-OH is 1. The number of phenolic OH excluding ortho intramolecular Hbond substituents is 1. The third-order valence-corrected chi connectivity index (χ3v) is 6.75. The SMILES string of the molecule is CC1CC(=O)C2C(O)(C1)CC(O)C13OC1c1c(O)cccc1C(=O)C23O. The van der Waals surface area contributed by atoms with Crippen molar-refractivity contribution in [2.45, 2.75) is 55.2 Å². The van der Waals surface area contributed by atoms with Crippen molar-refractivity contribution in [1.29, 1.82) is 0 Å². The second-order valence-corrected chi connectivity index (χ2v) is 8.36. The largest absolute Gasteiger partial charge is 0.508 e. The Kier molecular flexibility index (Phi) is 2.86. The number of ether oxygens (including phenoxy) is 1. The highest BCUT2D eigenvalue weighted by Crippen LogP contribution is 2.70. The molecule has 1 saturated heterocycles. The van der Waals surface area contributed by atoms with Gasteiger partial charge >= 0.3 is 0 Å². The van der Waals surface area contributed by atoms with E-state index >= 15 is 0 Å². The van der Waals surface area contributed by atoms with Crippen LogP contribution in [0.5, 0.6) is 5.75 Å². The predicted molar refractivity (Wildman–Crippen MR) is 86.4 cm³/mol. The van der Waals surface area contributed by atoms with E-state index in [1.165, 1.54) is 18.2 Å². The number of ketones is 2. The minimum Gasteiger partial charge on any atom is -0.508 e. The van der Waals surface area contributed by atoms with Crippen molar-refractivity contribution in [1.82, 2.24) is 0 Å². The van der Waals surface area contributed by atoms with Gasteiger partial charge in [-0.05, 0) is 18.4 Å². The molecule has 1 aliphatic heterocycles. The van der Waals surface area contributed by atoms with Gasteiger partial charge in [-0.2, -0.15) is 0 Å². The molecule has 5 rings (SSSR count). The second-order valence-electron chi connectivity index (χ2n) is 8.36. The van der Waals surface area contributed by atoms with Crippen LogP contribution in [0.3, 0.4) is 0 Å². The van der Waals surface area contributed by atoms with Crippen LogP contribution in [0.4, 0.5) is 0 Å². The summed E-state index contributed by atoms with van der Waals surface area (Å²) in [5.74, 6) is -2.81. The van der Waals surface area contributed by atoms with E-state index in [1.54, 1.807) is 0 Å². The molecule has 0 aromatic heterocycles. The van der Waals surface area contributed by atoms with Gasteiger partial charge in [0.2, 0.25) is 0 Å². The van der Waals surface area contributed by atoms with Crippen molar-refractivity contribution in [3.05, 3.63) is 29.3 Å². The maximum atomic E-state index is 13.3. The van der Waals surface area contributed by atoms with Crippen molar-refractivity contribution in [3.8, 4) is 5.75 Å². The lowest BCUT2D eigenvalue weighted by Crippen LogP contribution is -2.76. The summed E-state index contributed by atoms with van der Waals surface area (Å²) in [6.45, 7) is 1.82. The van der Waals surface area contributed by atoms with E-state index in [-0.39, 0.29) is 42.1 Å². The van der Waals surface area contributed by atoms with Gasteiger partial charge in [0.05, 0.1) is 17.6 Å². The van der Waals surface area contributed by atoms with Crippen molar-refractivity contribution in [2.24, 2.45) is 11.8 Å². The van der Waals surface area contributed by atoms with Gasteiger partial charge in [-0.3, -0.25) is 9.59 Å². The molecule has 7 unspecified atom stereocenters. The molecule has 7 atom stereocenters. The van der Waals surface area contributed by atoms with Crippen LogP contribution >= 0.6 is 0 Å². The van der Waals surface area contributed by atoms with Crippen molar-refractivity contribution in [2.75, 3.05) is 0 Å². The molecule has 138 valence electrons. The van der Waals surface area contributed by atoms with E-state index < -0.39 is 46.5 Å². The molecule has 0 radical (unpaired) electrons. The van der Waals surface area contributed by atoms with Gasteiger partial charge in [0.15, 0.2) is 17.0 Å². The smallest absolute Gasteiger partial charge is 0.198 e. The van der Waals surface area contributed by atoms with E-state index in [0.29, 0.717) is 0 Å². The van der Waals surface area contributed by atoms with Crippen LogP contribution in [0, 0.1) is 11.8 Å². The average Bonchev–Trinajstić information content (AvgIpc) is 3.27. The number of hydrogen-bond acceptors (Lipinski definition) is 7. The first-order valence-electron chi connectivity index (χ1n) is 8.87. The number of Topliss-reactive ketones (excluding diaryl/α,β-unsaturated/α-hetero) is 2. The first kappa shape index (κ1) is 16.4. The molecule has 0 bridgehead atoms. The maximum absolute atomic E-state index is 13.3. The highest BCUT2D eigenvalue weighted by atomic mass is 16.6. The maximum Gasteiger partial charge on any atom is 0.198 e. The highest BCUT2D eigenvalue weighted by Gasteiger charge is 2.86. The average molecular weight is 360 g/mol. The summed E-state index contributed by atoms with van der Waals surface area (Å²) in [4.78, 5) is 26.1. The molecule has 7 heteroatoms. The Morgan fingerprint density at radius 2 is 1.92 bits per heavy atom. The lowest BCUT2D eigenvalue weighted by atomic mass is 9.49. The zero-order valence-corrected chi connectivity index (χ0v) is 14.2. The minimum atomic E-state index is -2.36. The normalized spacial score (nSPS) is 48.9. The molecular formula is C19H20O7. The Balaban J connectivity index is 1.76. The minimum absolute atomic E-state index is 0.0634. The number of phenols is 1. The first-order chi connectivity index (χ1) is 12.2. The second kappa shape index (κ2) is 4.54. The molecule has 26 heavy (non-hydrogen) atoms. The number of fused-ring (bicyclic) bond motifs is 4. The van der Waals surface area contributed by atoms with Crippen LogP contribution in [0.2, 0.25) is 0 Å². The number of aliphatic hydroxyl groups is 3. The lowest BCUT2D eigenvalue weighted by molar-refractivity contribution is -0.219. The molecule has 1 aromatic carbocycles. The van der Waals surface area contributed by atoms with Gasteiger partial charge in [-0.25, -0.2) is 0 Å². The molecule has 1 spiro atoms. The zero-order valence-electron chi connectivity index (χ0n) is 14.2. The fourth-order valence-corrected chi connectivity index (χ4v) is 5.86. The topological polar surface area (TPSA) is 128 Å². The van der Waals surface area contributed by atoms with Crippen LogP contribution < -0.4 is 0 Å². The molecule has 0 amide bonds. The van der Waals surface area contributed by atoms with E-state index in [0.717, 1.165) is 0 Å². The number of hydrogen-bond donors (Lipinski definition) is 4. The van der Waals surface area contributed by atoms with Crippen LogP contribution in [-0.4, -0.2) is 54.9 Å². The standard InChI is InChI=1S/C19H20O7/c1-8-5-11(21)14-17(24,6-8)7-12(22)19-16(26-19)13-9(3-2-4-10(13)20)15(23)18(14,19)25/h2-4,8,12,14,16,20,22,24-25H,5-7H2,1H3. The Morgan fingerprint density at radius 1 is 1.19 bits per heavy atom. The summed E-state index contributed by atoms with van der Waals surface area (Å²) in [6, 6.07) is 4.34. The predicted octanol–water partition coefficient (Wildman–Crippen LogP) is 0.241. The summed E-state index contributed by atoms with van der Waals surface area (Å²) in [5.41, 5.74) is -5.45. The Hall–Kier alpha value is -1.80. The van der Waals surface area contributed by atoms with Gasteiger partial charge in [0.1, 0.15) is 17.6 Å². The number of epoxide rings is 1. The van der Waals surface area contributed by atoms with E-state index in [9.17, 15) is 30.0 Å². The monoisotopic (exact) mass is 360 g/mol. The first-order valence-corrected chi connectivity index (χ1v) is 8.87. The van der Waals surface area contributed by atoms with Gasteiger partial charge in [0.25, 0.3) is 0 Å². The van der Waals surface area contributed by atoms with Gasteiger partial charge in [-0.15, -0.1) is 0 Å². The van der Waals surface area contributed by atoms with Crippen molar-refractivity contribution >= 4 is 11.6 Å². The lowest BCUT2D eigenvalue weighted by Gasteiger charge is -2.56. The van der Waals surface area contributed by atoms with Gasteiger partial charge in [-0.1, -0.05) is 19.1 Å². The molecule has 4 N–H and O–H groups in total. The molecule has 3 fully saturated rings. The van der Waals surface area contributed by atoms with Crippen LogP contribution in [0.25, 0.3) is 0 Å². The highest BCUT2D eigenvalue weighted by molar-refractivity contribution is 6.11. The molecule has 7 nitrogen and oxygen atoms in total. The van der Waals surface area contributed by atoms with Crippen LogP contribution in [-0.2, 0) is 9.53 Å². The summed E-state index contributed by atoms with van der Waals surface area (Å²) in [7, 11) is 0. The van der Waals surface area contributed by atoms with Crippen molar-refractivity contribution < 1.29 is 34.8 Å². The molecule has 1 aromatic rings. The number of aromatic hydroxyl groups is 1. The summed E-state index contributed by atoms with van der Waals surface area (Å²) in [5, 5.41) is 43.7. The fourth-order valence-electron chi connectivity index (χ4n) is 5.86. The molecular weight excluding hydrogens is 340 g/mol. The number of carbonyl (C=O) groups is 2. The molecule has 3 aliphatic carbocycles. The quantitative estimate of drug-likeness (QED) is 0.488. The Labute approximate surface area is 149 Å². The summed E-state index contributed by atoms with van der Waals surface area (Å²) >= 11 is 0. The number of carbonyl (C=O) groups excluding carboxylic acids is 2. The van der Waals surface area contributed by atoms with E-state index in [1.807, 2.05) is 6.92 Å². The summed E-state index contributed by atoms with van der Waals surface area (Å²) in [6.07, 6.45) is -2.04. The number of benzene rings is 1. The number of rotatable bonds is 0. The van der Waals surface area contributed by atoms with Crippen LogP contribution in [0.1, 0.15) is 48.2 Å². The molecule has 1 heterocycles. The molecule has 2 saturated carbocycles. The fraction of sp³-hybridized carbons (Fsp3) is 0.579. The zero-order chi connectivity index (χ0) is 18.6.